The molecule has 0 saturated heterocycles. The van der Waals surface area contributed by atoms with Gasteiger partial charge in [-0.25, -0.2) is 13.2 Å². The van der Waals surface area contributed by atoms with Gasteiger partial charge in [-0.1, -0.05) is 0 Å². The van der Waals surface area contributed by atoms with E-state index in [1.165, 1.54) is 0 Å². The largest absolute Gasteiger partial charge is 0.422 e. The van der Waals surface area contributed by atoms with Gasteiger partial charge in [0, 0.05) is 0 Å². The fourth-order valence-corrected chi connectivity index (χ4v) is 1.40. The van der Waals surface area contributed by atoms with Crippen molar-refractivity contribution in [1.29, 1.82) is 0 Å². The fourth-order valence-electron chi connectivity index (χ4n) is 0.898. The minimum atomic E-state index is -5.30. The van der Waals surface area contributed by atoms with E-state index in [0.717, 1.165) is 22.6 Å². The molecule has 2 N–H and O–H groups in total. The number of benzene rings is 1. The van der Waals surface area contributed by atoms with Crippen LogP contribution in [0.4, 0.5) is 32.0 Å². The highest BCUT2D eigenvalue weighted by Gasteiger charge is 2.41. The Kier molecular flexibility index (Phi) is 3.08. The SMILES string of the molecule is Nc1c(F)c(F)c(C(F)(F)F)c(F)c1I. The van der Waals surface area contributed by atoms with Gasteiger partial charge in [0.05, 0.1) is 9.26 Å². The first-order valence-corrected chi connectivity index (χ1v) is 4.44. The molecule has 0 fully saturated rings. The van der Waals surface area contributed by atoms with Crippen molar-refractivity contribution in [1.82, 2.24) is 0 Å². The minimum absolute atomic E-state index is 0.793. The zero-order valence-electron chi connectivity index (χ0n) is 6.72. The summed E-state index contributed by atoms with van der Waals surface area (Å²) in [4.78, 5) is 0. The molecule has 1 aromatic rings. The van der Waals surface area contributed by atoms with Gasteiger partial charge in [0.1, 0.15) is 5.56 Å². The molecule has 0 spiro atoms. The van der Waals surface area contributed by atoms with Crippen molar-refractivity contribution >= 4 is 28.3 Å². The third-order valence-electron chi connectivity index (χ3n) is 1.58. The maximum absolute atomic E-state index is 13.0. The van der Waals surface area contributed by atoms with E-state index in [9.17, 15) is 26.3 Å². The smallest absolute Gasteiger partial charge is 0.395 e. The maximum atomic E-state index is 13.0. The molecule has 0 aliphatic carbocycles. The number of nitrogen functional groups attached to an aromatic ring is 1. The summed E-state index contributed by atoms with van der Waals surface area (Å²) in [6, 6.07) is 0. The standard InChI is InChI=1S/C7H2F6IN/c8-2-1(7(11,12)13)3(9)5(14)6(15)4(2)10/h15H2. The summed E-state index contributed by atoms with van der Waals surface area (Å²) in [5.74, 6) is -6.12. The monoisotopic (exact) mass is 341 g/mol. The average Bonchev–Trinajstić information content (AvgIpc) is 2.09. The number of halogens is 7. The van der Waals surface area contributed by atoms with E-state index in [4.69, 9.17) is 5.73 Å². The van der Waals surface area contributed by atoms with Crippen LogP contribution in [0.3, 0.4) is 0 Å². The molecule has 0 heterocycles. The average molecular weight is 341 g/mol. The Morgan fingerprint density at radius 3 is 1.80 bits per heavy atom. The maximum Gasteiger partial charge on any atom is 0.422 e. The van der Waals surface area contributed by atoms with Crippen LogP contribution in [0.25, 0.3) is 0 Å². The molecule has 1 rings (SSSR count). The van der Waals surface area contributed by atoms with Gasteiger partial charge < -0.3 is 5.73 Å². The van der Waals surface area contributed by atoms with Gasteiger partial charge in [-0.15, -0.1) is 0 Å². The summed E-state index contributed by atoms with van der Waals surface area (Å²) < 4.78 is 74.1. The van der Waals surface area contributed by atoms with Gasteiger partial charge in [0.2, 0.25) is 0 Å². The van der Waals surface area contributed by atoms with Crippen LogP contribution in [0.15, 0.2) is 0 Å². The van der Waals surface area contributed by atoms with Gasteiger partial charge in [0.25, 0.3) is 0 Å². The predicted molar refractivity (Wildman–Crippen MR) is 48.4 cm³/mol. The van der Waals surface area contributed by atoms with Crippen molar-refractivity contribution in [3.63, 3.8) is 0 Å². The Morgan fingerprint density at radius 2 is 1.40 bits per heavy atom. The van der Waals surface area contributed by atoms with E-state index in [1.54, 1.807) is 0 Å². The molecule has 0 aliphatic rings. The van der Waals surface area contributed by atoms with Crippen LogP contribution < -0.4 is 5.73 Å². The predicted octanol–water partition coefficient (Wildman–Crippen LogP) is 3.31. The minimum Gasteiger partial charge on any atom is -0.395 e. The molecule has 0 aromatic heterocycles. The van der Waals surface area contributed by atoms with E-state index in [1.807, 2.05) is 0 Å². The van der Waals surface area contributed by atoms with Crippen LogP contribution in [-0.2, 0) is 6.18 Å². The zero-order chi connectivity index (χ0) is 12.0. The van der Waals surface area contributed by atoms with Gasteiger partial charge in [-0.2, -0.15) is 13.2 Å². The molecule has 1 aromatic carbocycles. The van der Waals surface area contributed by atoms with Crippen molar-refractivity contribution in [2.45, 2.75) is 6.18 Å². The Morgan fingerprint density at radius 1 is 0.933 bits per heavy atom. The van der Waals surface area contributed by atoms with Crippen molar-refractivity contribution in [3.8, 4) is 0 Å². The first kappa shape index (κ1) is 12.4. The Bertz CT molecular complexity index is 384. The molecule has 8 heteroatoms. The van der Waals surface area contributed by atoms with E-state index in [0.29, 0.717) is 0 Å². The lowest BCUT2D eigenvalue weighted by Gasteiger charge is -2.12. The first-order chi connectivity index (χ1) is 6.68. The van der Waals surface area contributed by atoms with E-state index < -0.39 is 38.4 Å². The molecule has 0 radical (unpaired) electrons. The number of nitrogens with two attached hydrogens (primary N) is 1. The Balaban J connectivity index is 3.68. The van der Waals surface area contributed by atoms with Gasteiger partial charge in [0.15, 0.2) is 17.5 Å². The van der Waals surface area contributed by atoms with Crippen LogP contribution in [0, 0.1) is 21.0 Å². The molecular formula is C7H2F6IN. The first-order valence-electron chi connectivity index (χ1n) is 3.36. The van der Waals surface area contributed by atoms with Crippen LogP contribution in [0.1, 0.15) is 5.56 Å². The van der Waals surface area contributed by atoms with Crippen molar-refractivity contribution < 1.29 is 26.3 Å². The molecule has 15 heavy (non-hydrogen) atoms. The molecule has 0 atom stereocenters. The highest BCUT2D eigenvalue weighted by molar-refractivity contribution is 14.1. The topological polar surface area (TPSA) is 26.0 Å². The molecule has 84 valence electrons. The summed E-state index contributed by atoms with van der Waals surface area (Å²) >= 11 is 1.07. The van der Waals surface area contributed by atoms with Gasteiger partial charge >= 0.3 is 6.18 Å². The third-order valence-corrected chi connectivity index (χ3v) is 2.64. The fraction of sp³-hybridized carbons (Fsp3) is 0.143. The van der Waals surface area contributed by atoms with Crippen molar-refractivity contribution in [3.05, 3.63) is 26.6 Å². The van der Waals surface area contributed by atoms with Crippen molar-refractivity contribution in [2.24, 2.45) is 0 Å². The summed E-state index contributed by atoms with van der Waals surface area (Å²) in [6.07, 6.45) is -5.30. The second-order valence-electron chi connectivity index (χ2n) is 2.54. The molecule has 0 saturated carbocycles. The quantitative estimate of drug-likeness (QED) is 0.333. The van der Waals surface area contributed by atoms with Gasteiger partial charge in [-0.05, 0) is 22.6 Å². The van der Waals surface area contributed by atoms with E-state index in [2.05, 4.69) is 0 Å². The second kappa shape index (κ2) is 3.72. The zero-order valence-corrected chi connectivity index (χ0v) is 8.88. The van der Waals surface area contributed by atoms with E-state index >= 15 is 0 Å². The molecule has 0 aliphatic heterocycles. The molecule has 0 amide bonds. The lowest BCUT2D eigenvalue weighted by Crippen LogP contribution is -2.16. The number of hydrogen-bond donors (Lipinski definition) is 1. The highest BCUT2D eigenvalue weighted by Crippen LogP contribution is 2.38. The van der Waals surface area contributed by atoms with Crippen LogP contribution in [0.5, 0.6) is 0 Å². The molecule has 0 unspecified atom stereocenters. The molecule has 0 bridgehead atoms. The van der Waals surface area contributed by atoms with Crippen LogP contribution in [-0.4, -0.2) is 0 Å². The van der Waals surface area contributed by atoms with Gasteiger partial charge in [-0.3, -0.25) is 0 Å². The lowest BCUT2D eigenvalue weighted by molar-refractivity contribution is -0.142. The van der Waals surface area contributed by atoms with Crippen LogP contribution in [0.2, 0.25) is 0 Å². The van der Waals surface area contributed by atoms with Crippen molar-refractivity contribution in [2.75, 3.05) is 5.73 Å². The normalized spacial score (nSPS) is 11.9. The Labute approximate surface area is 93.4 Å². The number of rotatable bonds is 0. The lowest BCUT2D eigenvalue weighted by atomic mass is 10.1. The summed E-state index contributed by atoms with van der Waals surface area (Å²) in [7, 11) is 0. The van der Waals surface area contributed by atoms with Crippen LogP contribution >= 0.6 is 22.6 Å². The highest BCUT2D eigenvalue weighted by atomic mass is 127. The Hall–Kier alpha value is -0.670. The molecule has 1 nitrogen and oxygen atoms in total. The second-order valence-corrected chi connectivity index (χ2v) is 3.62. The number of anilines is 1. The number of hydrogen-bond acceptors (Lipinski definition) is 1. The summed E-state index contributed by atoms with van der Waals surface area (Å²) in [5.41, 5.74) is 1.63. The molecular weight excluding hydrogens is 339 g/mol. The summed E-state index contributed by atoms with van der Waals surface area (Å²) in [5, 5.41) is 0. The summed E-state index contributed by atoms with van der Waals surface area (Å²) in [6.45, 7) is 0. The number of alkyl halides is 3. The van der Waals surface area contributed by atoms with E-state index in [-0.39, 0.29) is 0 Å². The third kappa shape index (κ3) is 1.99.